The second-order valence-electron chi connectivity index (χ2n) is 6.53. The second kappa shape index (κ2) is 5.20. The predicted molar refractivity (Wildman–Crippen MR) is 66.3 cm³/mol. The molecule has 16 heavy (non-hydrogen) atoms. The lowest BCUT2D eigenvalue weighted by Gasteiger charge is -2.31. The van der Waals surface area contributed by atoms with Gasteiger partial charge in [0.1, 0.15) is 0 Å². The number of rotatable bonds is 1. The zero-order valence-electron chi connectivity index (χ0n) is 11.1. The molecule has 0 aromatic carbocycles. The molecule has 0 heterocycles. The van der Waals surface area contributed by atoms with Crippen LogP contribution in [0.15, 0.2) is 0 Å². The Labute approximate surface area is 99.4 Å². The highest BCUT2D eigenvalue weighted by Gasteiger charge is 2.32. The average molecular weight is 226 g/mol. The Kier molecular flexibility index (Phi) is 4.40. The van der Waals surface area contributed by atoms with Crippen molar-refractivity contribution in [2.75, 3.05) is 0 Å². The van der Waals surface area contributed by atoms with E-state index in [-0.39, 0.29) is 11.3 Å². The Morgan fingerprint density at radius 1 is 1.19 bits per heavy atom. The minimum Gasteiger partial charge on any atom is -0.481 e. The Hall–Kier alpha value is -0.530. The zero-order valence-corrected chi connectivity index (χ0v) is 11.1. The largest absolute Gasteiger partial charge is 0.481 e. The second-order valence-corrected chi connectivity index (χ2v) is 6.53. The van der Waals surface area contributed by atoms with Crippen LogP contribution in [0.25, 0.3) is 0 Å². The van der Waals surface area contributed by atoms with Crippen molar-refractivity contribution in [3.63, 3.8) is 0 Å². The summed E-state index contributed by atoms with van der Waals surface area (Å²) in [6.07, 6.45) is 5.37. The number of hydrogen-bond donors (Lipinski definition) is 1. The minimum absolute atomic E-state index is 0.135. The lowest BCUT2D eigenvalue weighted by atomic mass is 9.74. The summed E-state index contributed by atoms with van der Waals surface area (Å²) in [5, 5.41) is 9.25. The van der Waals surface area contributed by atoms with Gasteiger partial charge in [0.25, 0.3) is 0 Å². The van der Waals surface area contributed by atoms with Gasteiger partial charge in [-0.3, -0.25) is 4.79 Å². The molecule has 0 radical (unpaired) electrons. The molecular weight excluding hydrogens is 200 g/mol. The van der Waals surface area contributed by atoms with E-state index in [9.17, 15) is 9.90 Å². The number of carboxylic acid groups (broad SMARTS) is 1. The molecule has 3 atom stereocenters. The van der Waals surface area contributed by atoms with Crippen molar-refractivity contribution in [2.45, 2.75) is 59.8 Å². The highest BCUT2D eigenvalue weighted by atomic mass is 16.4. The molecule has 1 saturated carbocycles. The van der Waals surface area contributed by atoms with E-state index in [2.05, 4.69) is 27.7 Å². The molecule has 0 aliphatic heterocycles. The molecule has 94 valence electrons. The first-order valence-electron chi connectivity index (χ1n) is 6.54. The molecule has 2 heteroatoms. The van der Waals surface area contributed by atoms with E-state index in [1.807, 2.05) is 0 Å². The first kappa shape index (κ1) is 13.5. The van der Waals surface area contributed by atoms with Crippen molar-refractivity contribution in [3.8, 4) is 0 Å². The van der Waals surface area contributed by atoms with E-state index < -0.39 is 5.97 Å². The highest BCUT2D eigenvalue weighted by Crippen LogP contribution is 2.39. The molecule has 1 rings (SSSR count). The maximum atomic E-state index is 11.2. The van der Waals surface area contributed by atoms with Crippen LogP contribution in [-0.4, -0.2) is 11.1 Å². The highest BCUT2D eigenvalue weighted by molar-refractivity contribution is 5.70. The zero-order chi connectivity index (χ0) is 12.3. The first-order chi connectivity index (χ1) is 7.32. The van der Waals surface area contributed by atoms with Crippen LogP contribution < -0.4 is 0 Å². The van der Waals surface area contributed by atoms with Crippen molar-refractivity contribution in [2.24, 2.45) is 23.2 Å². The third-order valence-corrected chi connectivity index (χ3v) is 3.99. The maximum Gasteiger partial charge on any atom is 0.306 e. The normalized spacial score (nSPS) is 35.9. The van der Waals surface area contributed by atoms with Crippen molar-refractivity contribution >= 4 is 5.97 Å². The van der Waals surface area contributed by atoms with E-state index in [0.717, 1.165) is 25.2 Å². The molecule has 0 amide bonds. The molecule has 1 aliphatic rings. The SMILES string of the molecule is CC1CCCC(C(=O)O)C(C)CC(C)(C)C1. The van der Waals surface area contributed by atoms with Gasteiger partial charge in [-0.25, -0.2) is 0 Å². The van der Waals surface area contributed by atoms with Gasteiger partial charge < -0.3 is 5.11 Å². The summed E-state index contributed by atoms with van der Waals surface area (Å²) in [6.45, 7) is 8.97. The van der Waals surface area contributed by atoms with Gasteiger partial charge in [-0.1, -0.05) is 40.5 Å². The summed E-state index contributed by atoms with van der Waals surface area (Å²) in [4.78, 5) is 11.2. The number of hydrogen-bond acceptors (Lipinski definition) is 1. The van der Waals surface area contributed by atoms with Crippen molar-refractivity contribution in [1.82, 2.24) is 0 Å². The molecule has 1 fully saturated rings. The lowest BCUT2D eigenvalue weighted by molar-refractivity contribution is -0.144. The molecule has 0 aromatic rings. The van der Waals surface area contributed by atoms with E-state index in [4.69, 9.17) is 0 Å². The third kappa shape index (κ3) is 3.80. The van der Waals surface area contributed by atoms with Crippen LogP contribution in [0, 0.1) is 23.2 Å². The van der Waals surface area contributed by atoms with Crippen LogP contribution in [-0.2, 0) is 4.79 Å². The number of aliphatic carboxylic acids is 1. The van der Waals surface area contributed by atoms with Crippen LogP contribution in [0.4, 0.5) is 0 Å². The van der Waals surface area contributed by atoms with Gasteiger partial charge in [0.05, 0.1) is 5.92 Å². The van der Waals surface area contributed by atoms with Gasteiger partial charge in [-0.05, 0) is 36.5 Å². The fourth-order valence-corrected chi connectivity index (χ4v) is 3.48. The van der Waals surface area contributed by atoms with Gasteiger partial charge in [0, 0.05) is 0 Å². The molecule has 2 nitrogen and oxygen atoms in total. The summed E-state index contributed by atoms with van der Waals surface area (Å²) in [6, 6.07) is 0. The summed E-state index contributed by atoms with van der Waals surface area (Å²) in [7, 11) is 0. The smallest absolute Gasteiger partial charge is 0.306 e. The standard InChI is InChI=1S/C14H26O2/c1-10-6-5-7-12(13(15)16)11(2)9-14(3,4)8-10/h10-12H,5-9H2,1-4H3,(H,15,16). The van der Waals surface area contributed by atoms with Crippen molar-refractivity contribution < 1.29 is 9.90 Å². The van der Waals surface area contributed by atoms with Crippen LogP contribution in [0.1, 0.15) is 59.8 Å². The summed E-state index contributed by atoms with van der Waals surface area (Å²) in [5.74, 6) is 0.301. The minimum atomic E-state index is -0.599. The molecule has 0 aromatic heterocycles. The maximum absolute atomic E-state index is 11.2. The van der Waals surface area contributed by atoms with E-state index in [1.54, 1.807) is 0 Å². The molecule has 1 N–H and O–H groups in total. The van der Waals surface area contributed by atoms with Crippen molar-refractivity contribution in [1.29, 1.82) is 0 Å². The first-order valence-corrected chi connectivity index (χ1v) is 6.54. The topological polar surface area (TPSA) is 37.3 Å². The molecular formula is C14H26O2. The molecule has 1 aliphatic carbocycles. The summed E-state index contributed by atoms with van der Waals surface area (Å²) >= 11 is 0. The van der Waals surface area contributed by atoms with Gasteiger partial charge in [-0.15, -0.1) is 0 Å². The fraction of sp³-hybridized carbons (Fsp3) is 0.929. The Morgan fingerprint density at radius 2 is 1.81 bits per heavy atom. The van der Waals surface area contributed by atoms with Crippen LogP contribution in [0.3, 0.4) is 0 Å². The van der Waals surface area contributed by atoms with E-state index >= 15 is 0 Å². The lowest BCUT2D eigenvalue weighted by Crippen LogP contribution is -2.26. The van der Waals surface area contributed by atoms with Gasteiger partial charge in [-0.2, -0.15) is 0 Å². The molecule has 0 saturated heterocycles. The van der Waals surface area contributed by atoms with Gasteiger partial charge in [0.15, 0.2) is 0 Å². The molecule has 0 spiro atoms. The predicted octanol–water partition coefficient (Wildman–Crippen LogP) is 3.95. The van der Waals surface area contributed by atoms with Gasteiger partial charge in [0.2, 0.25) is 0 Å². The quantitative estimate of drug-likeness (QED) is 0.735. The Balaban J connectivity index is 2.77. The molecule has 0 bridgehead atoms. The number of carbonyl (C=O) groups is 1. The van der Waals surface area contributed by atoms with Crippen molar-refractivity contribution in [3.05, 3.63) is 0 Å². The molecule has 3 unspecified atom stereocenters. The fourth-order valence-electron chi connectivity index (χ4n) is 3.48. The Bertz CT molecular complexity index is 245. The van der Waals surface area contributed by atoms with E-state index in [1.165, 1.54) is 12.8 Å². The average Bonchev–Trinajstić information content (AvgIpc) is 2.12. The Morgan fingerprint density at radius 3 is 2.38 bits per heavy atom. The van der Waals surface area contributed by atoms with Crippen LogP contribution in [0.2, 0.25) is 0 Å². The number of carboxylic acids is 1. The third-order valence-electron chi connectivity index (χ3n) is 3.99. The monoisotopic (exact) mass is 226 g/mol. The summed E-state index contributed by atoms with van der Waals surface area (Å²) in [5.41, 5.74) is 0.289. The van der Waals surface area contributed by atoms with Crippen LogP contribution >= 0.6 is 0 Å². The van der Waals surface area contributed by atoms with Crippen LogP contribution in [0.5, 0.6) is 0 Å². The van der Waals surface area contributed by atoms with E-state index in [0.29, 0.717) is 5.92 Å². The summed E-state index contributed by atoms with van der Waals surface area (Å²) < 4.78 is 0. The van der Waals surface area contributed by atoms with Gasteiger partial charge >= 0.3 is 5.97 Å².